The zero-order valence-electron chi connectivity index (χ0n) is 14.0. The molecule has 0 aromatic heterocycles. The summed E-state index contributed by atoms with van der Waals surface area (Å²) in [5.41, 5.74) is 1.30. The van der Waals surface area contributed by atoms with Crippen LogP contribution in [0.5, 0.6) is 0 Å². The van der Waals surface area contributed by atoms with E-state index in [-0.39, 0.29) is 11.9 Å². The third-order valence-electron chi connectivity index (χ3n) is 5.11. The Morgan fingerprint density at radius 2 is 2.04 bits per heavy atom. The number of likely N-dealkylation sites (tertiary alicyclic amines) is 1. The van der Waals surface area contributed by atoms with E-state index >= 15 is 0 Å². The van der Waals surface area contributed by atoms with Gasteiger partial charge in [-0.25, -0.2) is 0 Å². The molecule has 2 aliphatic heterocycles. The molecule has 0 aliphatic carbocycles. The van der Waals surface area contributed by atoms with Crippen molar-refractivity contribution < 1.29 is 4.79 Å². The summed E-state index contributed by atoms with van der Waals surface area (Å²) >= 11 is 0. The third-order valence-corrected chi connectivity index (χ3v) is 5.11. The molecule has 1 aromatic rings. The Morgan fingerprint density at radius 1 is 1.17 bits per heavy atom. The van der Waals surface area contributed by atoms with Crippen LogP contribution in [0.3, 0.4) is 0 Å². The van der Waals surface area contributed by atoms with Gasteiger partial charge in [-0.2, -0.15) is 0 Å². The molecule has 4 nitrogen and oxygen atoms in total. The van der Waals surface area contributed by atoms with Crippen LogP contribution in [-0.4, -0.2) is 43.0 Å². The minimum absolute atomic E-state index is 0.0421. The molecular weight excluding hydrogens is 286 g/mol. The smallest absolute Gasteiger partial charge is 0.237 e. The van der Waals surface area contributed by atoms with E-state index in [1.807, 2.05) is 6.07 Å². The van der Waals surface area contributed by atoms with Gasteiger partial charge in [0.05, 0.1) is 6.04 Å². The molecule has 2 saturated heterocycles. The predicted molar refractivity (Wildman–Crippen MR) is 93.1 cm³/mol. The number of hydrogen-bond acceptors (Lipinski definition) is 3. The highest BCUT2D eigenvalue weighted by molar-refractivity contribution is 5.81. The van der Waals surface area contributed by atoms with Gasteiger partial charge in [0.15, 0.2) is 0 Å². The van der Waals surface area contributed by atoms with E-state index in [2.05, 4.69) is 39.8 Å². The molecule has 2 N–H and O–H groups in total. The number of carbonyl (C=O) groups is 1. The standard InChI is InChI=1S/C19H29N3O/c23-19(21-14-17-9-6-11-20-13-17)18-10-4-5-12-22(18)15-16-7-2-1-3-8-16/h1-3,7-8,17-18,20H,4-6,9-15H2,(H,21,23). The van der Waals surface area contributed by atoms with Crippen molar-refractivity contribution in [3.8, 4) is 0 Å². The SMILES string of the molecule is O=C(NCC1CCCNC1)C1CCCCN1Cc1ccccc1. The summed E-state index contributed by atoms with van der Waals surface area (Å²) in [5, 5.41) is 6.64. The van der Waals surface area contributed by atoms with Gasteiger partial charge in [-0.15, -0.1) is 0 Å². The summed E-state index contributed by atoms with van der Waals surface area (Å²) in [5.74, 6) is 0.824. The summed E-state index contributed by atoms with van der Waals surface area (Å²) in [6.45, 7) is 4.89. The second kappa shape index (κ2) is 8.46. The first-order valence-corrected chi connectivity index (χ1v) is 9.09. The highest BCUT2D eigenvalue weighted by Gasteiger charge is 2.29. The first-order chi connectivity index (χ1) is 11.3. The Hall–Kier alpha value is -1.39. The van der Waals surface area contributed by atoms with Crippen LogP contribution in [0.4, 0.5) is 0 Å². The lowest BCUT2D eigenvalue weighted by atomic mass is 9.98. The number of nitrogens with one attached hydrogen (secondary N) is 2. The van der Waals surface area contributed by atoms with Crippen LogP contribution in [0.15, 0.2) is 30.3 Å². The van der Waals surface area contributed by atoms with E-state index in [9.17, 15) is 4.79 Å². The number of rotatable bonds is 5. The van der Waals surface area contributed by atoms with Crippen molar-refractivity contribution >= 4 is 5.91 Å². The van der Waals surface area contributed by atoms with Crippen LogP contribution in [-0.2, 0) is 11.3 Å². The molecule has 0 bridgehead atoms. The molecule has 2 fully saturated rings. The fourth-order valence-electron chi connectivity index (χ4n) is 3.76. The van der Waals surface area contributed by atoms with Gasteiger partial charge in [0.25, 0.3) is 0 Å². The van der Waals surface area contributed by atoms with Crippen molar-refractivity contribution in [2.24, 2.45) is 5.92 Å². The molecule has 1 amide bonds. The lowest BCUT2D eigenvalue weighted by Crippen LogP contribution is -2.50. The number of benzene rings is 1. The summed E-state index contributed by atoms with van der Waals surface area (Å²) in [6, 6.07) is 10.5. The van der Waals surface area contributed by atoms with Gasteiger partial charge in [-0.1, -0.05) is 36.8 Å². The number of carbonyl (C=O) groups excluding carboxylic acids is 1. The molecule has 0 saturated carbocycles. The van der Waals surface area contributed by atoms with Gasteiger partial charge in [0, 0.05) is 13.1 Å². The average molecular weight is 315 g/mol. The molecule has 126 valence electrons. The van der Waals surface area contributed by atoms with Gasteiger partial charge in [0.2, 0.25) is 5.91 Å². The molecule has 2 atom stereocenters. The van der Waals surface area contributed by atoms with Crippen LogP contribution in [0, 0.1) is 5.92 Å². The maximum Gasteiger partial charge on any atom is 0.237 e. The van der Waals surface area contributed by atoms with E-state index in [4.69, 9.17) is 0 Å². The lowest BCUT2D eigenvalue weighted by Gasteiger charge is -2.35. The monoisotopic (exact) mass is 315 g/mol. The zero-order valence-corrected chi connectivity index (χ0v) is 14.0. The van der Waals surface area contributed by atoms with Crippen LogP contribution >= 0.6 is 0 Å². The van der Waals surface area contributed by atoms with Gasteiger partial charge in [0.1, 0.15) is 0 Å². The molecule has 0 radical (unpaired) electrons. The van der Waals surface area contributed by atoms with Crippen LogP contribution in [0.2, 0.25) is 0 Å². The van der Waals surface area contributed by atoms with Crippen LogP contribution in [0.1, 0.15) is 37.7 Å². The molecular formula is C19H29N3O. The Balaban J connectivity index is 1.53. The van der Waals surface area contributed by atoms with Crippen molar-refractivity contribution in [1.29, 1.82) is 0 Å². The van der Waals surface area contributed by atoms with Gasteiger partial charge in [-0.05, 0) is 56.8 Å². The Labute approximate surface area is 139 Å². The molecule has 4 heteroatoms. The highest BCUT2D eigenvalue weighted by Crippen LogP contribution is 2.20. The first kappa shape index (κ1) is 16.5. The fourth-order valence-corrected chi connectivity index (χ4v) is 3.76. The summed E-state index contributed by atoms with van der Waals surface area (Å²) < 4.78 is 0. The van der Waals surface area contributed by atoms with Crippen molar-refractivity contribution in [1.82, 2.24) is 15.5 Å². The Kier molecular flexibility index (Phi) is 6.06. The Bertz CT molecular complexity index is 485. The van der Waals surface area contributed by atoms with E-state index in [0.717, 1.165) is 45.6 Å². The van der Waals surface area contributed by atoms with E-state index < -0.39 is 0 Å². The summed E-state index contributed by atoms with van der Waals surface area (Å²) in [7, 11) is 0. The topological polar surface area (TPSA) is 44.4 Å². The summed E-state index contributed by atoms with van der Waals surface area (Å²) in [4.78, 5) is 15.0. The van der Waals surface area contributed by atoms with E-state index in [0.29, 0.717) is 5.92 Å². The largest absolute Gasteiger partial charge is 0.354 e. The maximum atomic E-state index is 12.7. The number of hydrogen-bond donors (Lipinski definition) is 2. The van der Waals surface area contributed by atoms with Crippen molar-refractivity contribution in [3.05, 3.63) is 35.9 Å². The third kappa shape index (κ3) is 4.79. The molecule has 2 unspecified atom stereocenters. The van der Waals surface area contributed by atoms with E-state index in [1.165, 1.54) is 24.8 Å². The van der Waals surface area contributed by atoms with Gasteiger partial charge < -0.3 is 10.6 Å². The highest BCUT2D eigenvalue weighted by atomic mass is 16.2. The van der Waals surface area contributed by atoms with Crippen molar-refractivity contribution in [3.63, 3.8) is 0 Å². The van der Waals surface area contributed by atoms with Crippen LogP contribution in [0.25, 0.3) is 0 Å². The van der Waals surface area contributed by atoms with E-state index in [1.54, 1.807) is 0 Å². The van der Waals surface area contributed by atoms with Crippen molar-refractivity contribution in [2.45, 2.75) is 44.7 Å². The molecule has 2 heterocycles. The number of piperidine rings is 2. The van der Waals surface area contributed by atoms with Gasteiger partial charge >= 0.3 is 0 Å². The minimum atomic E-state index is 0.0421. The second-order valence-corrected chi connectivity index (χ2v) is 6.93. The molecule has 2 aliphatic rings. The number of nitrogens with zero attached hydrogens (tertiary/aromatic N) is 1. The maximum absolute atomic E-state index is 12.7. The minimum Gasteiger partial charge on any atom is -0.354 e. The fraction of sp³-hybridized carbons (Fsp3) is 0.632. The lowest BCUT2D eigenvalue weighted by molar-refractivity contribution is -0.128. The quantitative estimate of drug-likeness (QED) is 0.875. The average Bonchev–Trinajstić information content (AvgIpc) is 2.62. The predicted octanol–water partition coefficient (Wildman–Crippen LogP) is 2.16. The molecule has 0 spiro atoms. The van der Waals surface area contributed by atoms with Crippen molar-refractivity contribution in [2.75, 3.05) is 26.2 Å². The molecule has 1 aromatic carbocycles. The number of amides is 1. The molecule has 23 heavy (non-hydrogen) atoms. The first-order valence-electron chi connectivity index (χ1n) is 9.09. The van der Waals surface area contributed by atoms with Gasteiger partial charge in [-0.3, -0.25) is 9.69 Å². The second-order valence-electron chi connectivity index (χ2n) is 6.93. The summed E-state index contributed by atoms with van der Waals surface area (Å²) in [6.07, 6.45) is 5.80. The molecule has 3 rings (SSSR count). The Morgan fingerprint density at radius 3 is 2.83 bits per heavy atom. The zero-order chi connectivity index (χ0) is 15.9. The normalized spacial score (nSPS) is 25.9. The van der Waals surface area contributed by atoms with Crippen LogP contribution < -0.4 is 10.6 Å².